The van der Waals surface area contributed by atoms with Crippen molar-refractivity contribution in [2.24, 2.45) is 0 Å². The van der Waals surface area contributed by atoms with Crippen molar-refractivity contribution < 1.29 is 19.2 Å². The first-order valence-corrected chi connectivity index (χ1v) is 10.3. The molecule has 0 radical (unpaired) electrons. The summed E-state index contributed by atoms with van der Waals surface area (Å²) in [5, 5.41) is 14.6. The molecule has 154 valence electrons. The highest BCUT2D eigenvalue weighted by molar-refractivity contribution is 5.75. The summed E-state index contributed by atoms with van der Waals surface area (Å²) in [5.74, 6) is -0.890. The van der Waals surface area contributed by atoms with Gasteiger partial charge in [0.1, 0.15) is 0 Å². The lowest BCUT2D eigenvalue weighted by atomic mass is 10.1. The number of unbranched alkanes of at least 4 members (excludes halogenated alkanes) is 9. The van der Waals surface area contributed by atoms with Gasteiger partial charge in [0.15, 0.2) is 0 Å². The van der Waals surface area contributed by atoms with E-state index in [1.165, 1.54) is 51.4 Å². The molecule has 3 N–H and O–H groups in total. The van der Waals surface area contributed by atoms with E-state index in [1.807, 2.05) is 21.1 Å². The molecule has 0 heterocycles. The second kappa shape index (κ2) is 14.8. The molecule has 2 amide bonds. The van der Waals surface area contributed by atoms with E-state index >= 15 is 0 Å². The maximum atomic E-state index is 12.0. The Kier molecular flexibility index (Phi) is 14.1. The zero-order valence-electron chi connectivity index (χ0n) is 17.5. The Morgan fingerprint density at radius 2 is 1.38 bits per heavy atom. The predicted octanol–water partition coefficient (Wildman–Crippen LogP) is 3.76. The monoisotopic (exact) mass is 372 g/mol. The number of quaternary nitrogens is 1. The number of rotatable bonds is 16. The molecule has 0 saturated heterocycles. The van der Waals surface area contributed by atoms with Crippen molar-refractivity contribution in [1.29, 1.82) is 0 Å². The van der Waals surface area contributed by atoms with E-state index in [2.05, 4.69) is 17.6 Å². The SMILES string of the molecule is CCCCCCCCCCCCNC(=O)N[C@@H](CC(=O)O)C[N+](C)(C)C. The lowest BCUT2D eigenvalue weighted by molar-refractivity contribution is -0.871. The van der Waals surface area contributed by atoms with E-state index < -0.39 is 5.97 Å². The number of carbonyl (C=O) groups excluding carboxylic acids is 1. The summed E-state index contributed by atoms with van der Waals surface area (Å²) in [6, 6.07) is -0.624. The van der Waals surface area contributed by atoms with Gasteiger partial charge in [-0.2, -0.15) is 0 Å². The van der Waals surface area contributed by atoms with Crippen LogP contribution in [0.15, 0.2) is 0 Å². The van der Waals surface area contributed by atoms with Gasteiger partial charge in [-0.15, -0.1) is 0 Å². The minimum absolute atomic E-state index is 0.0544. The molecule has 0 fully saturated rings. The van der Waals surface area contributed by atoms with Gasteiger partial charge >= 0.3 is 12.0 Å². The summed E-state index contributed by atoms with van der Waals surface area (Å²) in [6.45, 7) is 3.47. The Balaban J connectivity index is 3.72. The summed E-state index contributed by atoms with van der Waals surface area (Å²) in [7, 11) is 5.95. The number of amides is 2. The van der Waals surface area contributed by atoms with Gasteiger partial charge < -0.3 is 20.2 Å². The Hall–Kier alpha value is -1.30. The number of urea groups is 1. The zero-order valence-corrected chi connectivity index (χ0v) is 17.5. The Bertz CT molecular complexity index is 381. The molecule has 0 rings (SSSR count). The number of hydrogen-bond acceptors (Lipinski definition) is 2. The molecule has 0 aliphatic rings. The van der Waals surface area contributed by atoms with Crippen LogP contribution in [0.4, 0.5) is 4.79 Å². The van der Waals surface area contributed by atoms with Gasteiger partial charge in [0, 0.05) is 6.54 Å². The third-order valence-electron chi connectivity index (χ3n) is 4.34. The van der Waals surface area contributed by atoms with E-state index in [-0.39, 0.29) is 18.5 Å². The van der Waals surface area contributed by atoms with Gasteiger partial charge in [-0.05, 0) is 6.42 Å². The van der Waals surface area contributed by atoms with E-state index in [4.69, 9.17) is 5.11 Å². The fraction of sp³-hybridized carbons (Fsp3) is 0.900. The largest absolute Gasteiger partial charge is 0.481 e. The molecule has 0 aromatic heterocycles. The quantitative estimate of drug-likeness (QED) is 0.285. The molecule has 0 aromatic carbocycles. The van der Waals surface area contributed by atoms with Gasteiger partial charge in [-0.1, -0.05) is 64.7 Å². The standard InChI is InChI=1S/C20H41N3O3/c1-5-6-7-8-9-10-11-12-13-14-15-21-20(26)22-18(16-19(24)25)17-23(2,3)4/h18H,5-17H2,1-4H3,(H2-,21,22,24,25,26)/p+1/t18-/m0/s1. The van der Waals surface area contributed by atoms with Gasteiger partial charge in [0.2, 0.25) is 0 Å². The normalized spacial score (nSPS) is 12.6. The van der Waals surface area contributed by atoms with Crippen molar-refractivity contribution in [1.82, 2.24) is 10.6 Å². The van der Waals surface area contributed by atoms with Gasteiger partial charge in [0.25, 0.3) is 0 Å². The highest BCUT2D eigenvalue weighted by atomic mass is 16.4. The second-order valence-corrected chi connectivity index (χ2v) is 8.35. The molecule has 0 aliphatic heterocycles. The summed E-state index contributed by atoms with van der Waals surface area (Å²) in [5.41, 5.74) is 0. The molecular formula is C20H42N3O3+. The first-order chi connectivity index (χ1) is 12.2. The molecule has 0 aliphatic carbocycles. The number of likely N-dealkylation sites (N-methyl/N-ethyl adjacent to an activating group) is 1. The van der Waals surface area contributed by atoms with E-state index in [0.29, 0.717) is 17.6 Å². The van der Waals surface area contributed by atoms with Crippen LogP contribution in [0.25, 0.3) is 0 Å². The molecule has 0 spiro atoms. The van der Waals surface area contributed by atoms with Crippen LogP contribution in [0.1, 0.15) is 77.6 Å². The summed E-state index contributed by atoms with van der Waals surface area (Å²) in [6.07, 6.45) is 12.6. The van der Waals surface area contributed by atoms with E-state index in [0.717, 1.165) is 12.8 Å². The van der Waals surface area contributed by atoms with Crippen molar-refractivity contribution >= 4 is 12.0 Å². The van der Waals surface area contributed by atoms with Crippen molar-refractivity contribution in [2.45, 2.75) is 83.6 Å². The first kappa shape index (κ1) is 24.7. The fourth-order valence-electron chi connectivity index (χ4n) is 3.08. The lowest BCUT2D eigenvalue weighted by Gasteiger charge is -2.29. The van der Waals surface area contributed by atoms with Crippen LogP contribution in [0.3, 0.4) is 0 Å². The lowest BCUT2D eigenvalue weighted by Crippen LogP contribution is -2.52. The smallest absolute Gasteiger partial charge is 0.315 e. The Morgan fingerprint density at radius 3 is 1.85 bits per heavy atom. The zero-order chi connectivity index (χ0) is 19.8. The third-order valence-corrected chi connectivity index (χ3v) is 4.34. The van der Waals surface area contributed by atoms with Crippen LogP contribution in [0.2, 0.25) is 0 Å². The fourth-order valence-corrected chi connectivity index (χ4v) is 3.08. The molecule has 26 heavy (non-hydrogen) atoms. The number of nitrogens with one attached hydrogen (secondary N) is 2. The van der Waals surface area contributed by atoms with Crippen LogP contribution in [0.5, 0.6) is 0 Å². The molecular weight excluding hydrogens is 330 g/mol. The van der Waals surface area contributed by atoms with Gasteiger partial charge in [0.05, 0.1) is 40.2 Å². The highest BCUT2D eigenvalue weighted by Gasteiger charge is 2.22. The predicted molar refractivity (Wildman–Crippen MR) is 107 cm³/mol. The van der Waals surface area contributed by atoms with Crippen LogP contribution < -0.4 is 10.6 Å². The average molecular weight is 373 g/mol. The van der Waals surface area contributed by atoms with E-state index in [1.54, 1.807) is 0 Å². The number of carbonyl (C=O) groups is 2. The van der Waals surface area contributed by atoms with Crippen LogP contribution in [0, 0.1) is 0 Å². The number of nitrogens with zero attached hydrogens (tertiary/aromatic N) is 1. The maximum absolute atomic E-state index is 12.0. The summed E-state index contributed by atoms with van der Waals surface area (Å²) >= 11 is 0. The van der Waals surface area contributed by atoms with Crippen LogP contribution in [-0.2, 0) is 4.79 Å². The third kappa shape index (κ3) is 17.5. The number of aliphatic carboxylic acids is 1. The van der Waals surface area contributed by atoms with Crippen molar-refractivity contribution in [3.05, 3.63) is 0 Å². The van der Waals surface area contributed by atoms with Crippen molar-refractivity contribution in [3.8, 4) is 0 Å². The molecule has 0 saturated carbocycles. The molecule has 1 atom stereocenters. The minimum atomic E-state index is -0.890. The van der Waals surface area contributed by atoms with Crippen molar-refractivity contribution in [2.75, 3.05) is 34.2 Å². The van der Waals surface area contributed by atoms with E-state index in [9.17, 15) is 9.59 Å². The Morgan fingerprint density at radius 1 is 0.885 bits per heavy atom. The summed E-state index contributed by atoms with van der Waals surface area (Å²) < 4.78 is 0.608. The summed E-state index contributed by atoms with van der Waals surface area (Å²) in [4.78, 5) is 22.9. The molecule has 6 heteroatoms. The molecule has 0 bridgehead atoms. The van der Waals surface area contributed by atoms with Gasteiger partial charge in [-0.3, -0.25) is 4.79 Å². The number of carboxylic acids is 1. The molecule has 6 nitrogen and oxygen atoms in total. The molecule has 0 aromatic rings. The van der Waals surface area contributed by atoms with Crippen molar-refractivity contribution in [3.63, 3.8) is 0 Å². The number of hydrogen-bond donors (Lipinski definition) is 3. The number of carboxylic acid groups (broad SMARTS) is 1. The second-order valence-electron chi connectivity index (χ2n) is 8.35. The maximum Gasteiger partial charge on any atom is 0.315 e. The highest BCUT2D eigenvalue weighted by Crippen LogP contribution is 2.10. The van der Waals surface area contributed by atoms with Gasteiger partial charge in [-0.25, -0.2) is 4.79 Å². The topological polar surface area (TPSA) is 78.4 Å². The first-order valence-electron chi connectivity index (χ1n) is 10.3. The average Bonchev–Trinajstić information content (AvgIpc) is 2.50. The Labute approximate surface area is 160 Å². The van der Waals surface area contributed by atoms with Crippen LogP contribution in [-0.4, -0.2) is 61.9 Å². The molecule has 0 unspecified atom stereocenters. The van der Waals surface area contributed by atoms with Crippen LogP contribution >= 0.6 is 0 Å². The minimum Gasteiger partial charge on any atom is -0.481 e.